The molecule has 1 aliphatic heterocycles. The molecular weight excluding hydrogens is 202 g/mol. The van der Waals surface area contributed by atoms with Crippen LogP contribution < -0.4 is 5.32 Å². The zero-order chi connectivity index (χ0) is 10.3. The van der Waals surface area contributed by atoms with Crippen molar-refractivity contribution in [3.8, 4) is 0 Å². The number of fused-ring (bicyclic) bond motifs is 1. The monoisotopic (exact) mass is 219 g/mol. The van der Waals surface area contributed by atoms with Gasteiger partial charge in [0.25, 0.3) is 0 Å². The third-order valence-corrected chi connectivity index (χ3v) is 5.12. The molecule has 1 saturated heterocycles. The molecule has 1 unspecified atom stereocenters. The molecule has 1 spiro atoms. The van der Waals surface area contributed by atoms with E-state index >= 15 is 0 Å². The first-order valence-corrected chi connectivity index (χ1v) is 6.78. The Labute approximate surface area is 95.6 Å². The van der Waals surface area contributed by atoms with Crippen LogP contribution in [0.1, 0.15) is 24.5 Å². The molecule has 0 aromatic heterocycles. The maximum Gasteiger partial charge on any atom is 0.0729 e. The van der Waals surface area contributed by atoms with E-state index in [-0.39, 0.29) is 0 Å². The molecule has 1 nitrogen and oxygen atoms in total. The van der Waals surface area contributed by atoms with Crippen LogP contribution in [0, 0.1) is 0 Å². The highest BCUT2D eigenvalue weighted by Crippen LogP contribution is 2.42. The van der Waals surface area contributed by atoms with E-state index in [4.69, 9.17) is 0 Å². The smallest absolute Gasteiger partial charge is 0.0729 e. The van der Waals surface area contributed by atoms with E-state index in [2.05, 4.69) is 48.3 Å². The van der Waals surface area contributed by atoms with E-state index in [0.717, 1.165) is 6.04 Å². The van der Waals surface area contributed by atoms with E-state index in [1.165, 1.54) is 25.0 Å². The Balaban J connectivity index is 1.84. The summed E-state index contributed by atoms with van der Waals surface area (Å²) >= 11 is 2.13. The minimum absolute atomic E-state index is 0.338. The number of benzene rings is 1. The van der Waals surface area contributed by atoms with Crippen LogP contribution in [0.25, 0.3) is 0 Å². The topological polar surface area (TPSA) is 12.0 Å². The van der Waals surface area contributed by atoms with Gasteiger partial charge in [-0.1, -0.05) is 31.2 Å². The van der Waals surface area contributed by atoms with E-state index in [1.807, 2.05) is 0 Å². The average Bonchev–Trinajstić information content (AvgIpc) is 2.81. The first-order valence-electron chi connectivity index (χ1n) is 5.80. The van der Waals surface area contributed by atoms with Crippen molar-refractivity contribution in [1.29, 1.82) is 0 Å². The quantitative estimate of drug-likeness (QED) is 0.779. The molecule has 0 saturated carbocycles. The zero-order valence-corrected chi connectivity index (χ0v) is 9.94. The van der Waals surface area contributed by atoms with Gasteiger partial charge in [0.15, 0.2) is 0 Å². The van der Waals surface area contributed by atoms with Crippen LogP contribution >= 0.6 is 11.8 Å². The molecule has 1 N–H and O–H groups in total. The first-order chi connectivity index (χ1) is 7.31. The molecule has 1 heterocycles. The predicted octanol–water partition coefficient (Wildman–Crippen LogP) is 2.60. The van der Waals surface area contributed by atoms with E-state index < -0.39 is 0 Å². The second-order valence-electron chi connectivity index (χ2n) is 4.68. The van der Waals surface area contributed by atoms with Crippen LogP contribution in [0.3, 0.4) is 0 Å². The Morgan fingerprint density at radius 1 is 1.33 bits per heavy atom. The Kier molecular flexibility index (Phi) is 2.29. The van der Waals surface area contributed by atoms with Gasteiger partial charge in [-0.2, -0.15) is 0 Å². The van der Waals surface area contributed by atoms with Gasteiger partial charge in [0.2, 0.25) is 0 Å². The number of thioether (sulfide) groups is 1. The van der Waals surface area contributed by atoms with E-state index in [1.54, 1.807) is 11.1 Å². The Morgan fingerprint density at radius 2 is 2.00 bits per heavy atom. The van der Waals surface area contributed by atoms with Crippen molar-refractivity contribution in [3.63, 3.8) is 0 Å². The molecule has 3 rings (SSSR count). The summed E-state index contributed by atoms with van der Waals surface area (Å²) in [6.45, 7) is 2.28. The summed E-state index contributed by atoms with van der Waals surface area (Å²) in [5, 5.41) is 3.83. The highest BCUT2D eigenvalue weighted by atomic mass is 32.2. The van der Waals surface area contributed by atoms with Gasteiger partial charge in [0.1, 0.15) is 0 Å². The maximum atomic E-state index is 3.83. The van der Waals surface area contributed by atoms with Gasteiger partial charge in [-0.25, -0.2) is 0 Å². The third kappa shape index (κ3) is 1.60. The SMILES string of the molecule is CCC1CSC2(Cc3ccccc3C2)N1. The molecule has 0 amide bonds. The summed E-state index contributed by atoms with van der Waals surface area (Å²) in [7, 11) is 0. The number of hydrogen-bond acceptors (Lipinski definition) is 2. The molecule has 2 heteroatoms. The molecule has 1 atom stereocenters. The van der Waals surface area contributed by atoms with Crippen molar-refractivity contribution in [2.24, 2.45) is 0 Å². The number of hydrogen-bond donors (Lipinski definition) is 1. The fraction of sp³-hybridized carbons (Fsp3) is 0.538. The lowest BCUT2D eigenvalue weighted by Crippen LogP contribution is -2.42. The Bertz CT molecular complexity index is 350. The summed E-state index contributed by atoms with van der Waals surface area (Å²) in [5.41, 5.74) is 3.10. The minimum Gasteiger partial charge on any atom is -0.299 e. The molecule has 1 aromatic carbocycles. The van der Waals surface area contributed by atoms with Crippen molar-refractivity contribution in [2.75, 3.05) is 5.75 Å². The fourth-order valence-electron chi connectivity index (χ4n) is 2.72. The van der Waals surface area contributed by atoms with E-state index in [0.29, 0.717) is 4.87 Å². The Morgan fingerprint density at radius 3 is 2.53 bits per heavy atom. The summed E-state index contributed by atoms with van der Waals surface area (Å²) in [6, 6.07) is 9.62. The predicted molar refractivity (Wildman–Crippen MR) is 66.3 cm³/mol. The molecule has 1 aromatic rings. The average molecular weight is 219 g/mol. The van der Waals surface area contributed by atoms with Crippen LogP contribution in [-0.4, -0.2) is 16.7 Å². The largest absolute Gasteiger partial charge is 0.299 e. The van der Waals surface area contributed by atoms with Crippen molar-refractivity contribution in [2.45, 2.75) is 37.1 Å². The summed E-state index contributed by atoms with van der Waals surface area (Å²) in [4.78, 5) is 0.338. The van der Waals surface area contributed by atoms with Gasteiger partial charge < -0.3 is 0 Å². The maximum absolute atomic E-state index is 3.83. The highest BCUT2D eigenvalue weighted by Gasteiger charge is 2.42. The van der Waals surface area contributed by atoms with Gasteiger partial charge in [-0.15, -0.1) is 11.8 Å². The third-order valence-electron chi connectivity index (χ3n) is 3.59. The molecule has 0 radical (unpaired) electrons. The summed E-state index contributed by atoms with van der Waals surface area (Å²) in [5.74, 6) is 1.28. The summed E-state index contributed by atoms with van der Waals surface area (Å²) in [6.07, 6.45) is 3.68. The van der Waals surface area contributed by atoms with Crippen LogP contribution in [0.5, 0.6) is 0 Å². The highest BCUT2D eigenvalue weighted by molar-refractivity contribution is 8.00. The van der Waals surface area contributed by atoms with Crippen LogP contribution in [-0.2, 0) is 12.8 Å². The molecule has 1 fully saturated rings. The van der Waals surface area contributed by atoms with Crippen molar-refractivity contribution >= 4 is 11.8 Å². The van der Waals surface area contributed by atoms with E-state index in [9.17, 15) is 0 Å². The zero-order valence-electron chi connectivity index (χ0n) is 9.12. The van der Waals surface area contributed by atoms with Crippen LogP contribution in [0.15, 0.2) is 24.3 Å². The molecule has 80 valence electrons. The number of rotatable bonds is 1. The molecule has 15 heavy (non-hydrogen) atoms. The molecular formula is C13H17NS. The van der Waals surface area contributed by atoms with Gasteiger partial charge in [-0.05, 0) is 17.5 Å². The van der Waals surface area contributed by atoms with Crippen molar-refractivity contribution in [3.05, 3.63) is 35.4 Å². The second kappa shape index (κ2) is 3.53. The molecule has 0 bridgehead atoms. The number of nitrogens with one attached hydrogen (secondary N) is 1. The lowest BCUT2D eigenvalue weighted by atomic mass is 10.1. The molecule has 1 aliphatic carbocycles. The van der Waals surface area contributed by atoms with Gasteiger partial charge >= 0.3 is 0 Å². The van der Waals surface area contributed by atoms with Gasteiger partial charge in [0.05, 0.1) is 4.87 Å². The minimum atomic E-state index is 0.338. The first kappa shape index (κ1) is 9.73. The molecule has 2 aliphatic rings. The summed E-state index contributed by atoms with van der Waals surface area (Å²) < 4.78 is 0. The van der Waals surface area contributed by atoms with Crippen molar-refractivity contribution in [1.82, 2.24) is 5.32 Å². The van der Waals surface area contributed by atoms with Crippen LogP contribution in [0.4, 0.5) is 0 Å². The van der Waals surface area contributed by atoms with Gasteiger partial charge in [-0.3, -0.25) is 5.32 Å². The fourth-order valence-corrected chi connectivity index (χ4v) is 4.32. The normalized spacial score (nSPS) is 27.1. The Hall–Kier alpha value is -0.470. The standard InChI is InChI=1S/C13H17NS/c1-2-12-9-15-13(14-12)7-10-5-3-4-6-11(10)8-13/h3-6,12,14H,2,7-9H2,1H3. The van der Waals surface area contributed by atoms with Gasteiger partial charge in [0, 0.05) is 24.6 Å². The van der Waals surface area contributed by atoms with Crippen LogP contribution in [0.2, 0.25) is 0 Å². The van der Waals surface area contributed by atoms with Crippen molar-refractivity contribution < 1.29 is 0 Å². The lowest BCUT2D eigenvalue weighted by molar-refractivity contribution is 0.445. The second-order valence-corrected chi connectivity index (χ2v) is 6.08. The lowest BCUT2D eigenvalue weighted by Gasteiger charge is -2.23.